The first-order valence-electron chi connectivity index (χ1n) is 3.53. The summed E-state index contributed by atoms with van der Waals surface area (Å²) < 4.78 is 0. The molecule has 0 saturated carbocycles. The molecule has 1 heteroatoms. The summed E-state index contributed by atoms with van der Waals surface area (Å²) in [5.74, 6) is 0. The Morgan fingerprint density at radius 1 is 1.00 bits per heavy atom. The van der Waals surface area contributed by atoms with Crippen molar-refractivity contribution in [1.29, 1.82) is 0 Å². The number of aryl methyl sites for hydroxylation is 2. The van der Waals surface area contributed by atoms with Crippen LogP contribution in [0.1, 0.15) is 17.5 Å². The highest BCUT2D eigenvalue weighted by Gasteiger charge is 2.01. The SMILES string of the molecule is N.c1cc2cc(c1)CCC2. The lowest BCUT2D eigenvalue weighted by atomic mass is 9.96. The van der Waals surface area contributed by atoms with E-state index >= 15 is 0 Å². The summed E-state index contributed by atoms with van der Waals surface area (Å²) in [6.07, 6.45) is 3.92. The molecule has 1 aromatic rings. The van der Waals surface area contributed by atoms with Gasteiger partial charge in [-0.25, -0.2) is 0 Å². The van der Waals surface area contributed by atoms with Crippen molar-refractivity contribution in [3.05, 3.63) is 35.4 Å². The molecular formula is C9H13N. The Bertz CT molecular complexity index is 198. The van der Waals surface area contributed by atoms with E-state index in [-0.39, 0.29) is 6.15 Å². The fourth-order valence-corrected chi connectivity index (χ4v) is 1.44. The van der Waals surface area contributed by atoms with E-state index in [2.05, 4.69) is 24.3 Å². The molecule has 1 aliphatic rings. The normalized spacial score (nSPS) is 14.0. The van der Waals surface area contributed by atoms with E-state index in [4.69, 9.17) is 0 Å². The maximum atomic E-state index is 2.31. The van der Waals surface area contributed by atoms with Gasteiger partial charge in [0.25, 0.3) is 0 Å². The van der Waals surface area contributed by atoms with Crippen LogP contribution in [0.2, 0.25) is 0 Å². The third-order valence-corrected chi connectivity index (χ3v) is 1.92. The summed E-state index contributed by atoms with van der Waals surface area (Å²) in [5.41, 5.74) is 3.03. The van der Waals surface area contributed by atoms with Gasteiger partial charge in [0, 0.05) is 0 Å². The van der Waals surface area contributed by atoms with Crippen LogP contribution in [0.4, 0.5) is 0 Å². The topological polar surface area (TPSA) is 35.0 Å². The van der Waals surface area contributed by atoms with Crippen molar-refractivity contribution >= 4 is 0 Å². The number of hydrogen-bond acceptors (Lipinski definition) is 1. The predicted octanol–water partition coefficient (Wildman–Crippen LogP) is 2.34. The molecule has 0 saturated heterocycles. The van der Waals surface area contributed by atoms with Gasteiger partial charge in [0.15, 0.2) is 0 Å². The maximum Gasteiger partial charge on any atom is -0.0276 e. The third-order valence-electron chi connectivity index (χ3n) is 1.92. The van der Waals surface area contributed by atoms with Gasteiger partial charge in [0.2, 0.25) is 0 Å². The van der Waals surface area contributed by atoms with Crippen LogP contribution in [0.15, 0.2) is 24.3 Å². The van der Waals surface area contributed by atoms with Crippen LogP contribution < -0.4 is 6.15 Å². The standard InChI is InChI=1S/C9H10.H3N/c1-3-8-5-2-6-9(4-1)7-8;/h1,3-4,7H,2,5-6H2;1H3. The highest BCUT2D eigenvalue weighted by atomic mass is 14.1. The molecule has 3 N–H and O–H groups in total. The Hall–Kier alpha value is -0.820. The van der Waals surface area contributed by atoms with E-state index < -0.39 is 0 Å². The summed E-state index contributed by atoms with van der Waals surface area (Å²) in [7, 11) is 0. The molecule has 2 bridgehead atoms. The minimum absolute atomic E-state index is 0. The van der Waals surface area contributed by atoms with E-state index in [1.54, 1.807) is 0 Å². The fraction of sp³-hybridized carbons (Fsp3) is 0.333. The van der Waals surface area contributed by atoms with Gasteiger partial charge in [-0.2, -0.15) is 0 Å². The highest BCUT2D eigenvalue weighted by molar-refractivity contribution is 5.26. The van der Waals surface area contributed by atoms with Gasteiger partial charge in [-0.1, -0.05) is 24.3 Å². The summed E-state index contributed by atoms with van der Waals surface area (Å²) in [6, 6.07) is 8.89. The van der Waals surface area contributed by atoms with Gasteiger partial charge < -0.3 is 6.15 Å². The first-order valence-corrected chi connectivity index (χ1v) is 3.53. The van der Waals surface area contributed by atoms with Crippen molar-refractivity contribution < 1.29 is 0 Å². The summed E-state index contributed by atoms with van der Waals surface area (Å²) in [5, 5.41) is 0. The fourth-order valence-electron chi connectivity index (χ4n) is 1.44. The lowest BCUT2D eigenvalue weighted by molar-refractivity contribution is 0.789. The van der Waals surface area contributed by atoms with Crippen molar-refractivity contribution in [2.75, 3.05) is 0 Å². The zero-order valence-corrected chi connectivity index (χ0v) is 6.14. The van der Waals surface area contributed by atoms with Crippen molar-refractivity contribution in [1.82, 2.24) is 6.15 Å². The third kappa shape index (κ3) is 1.19. The van der Waals surface area contributed by atoms with Gasteiger partial charge in [-0.15, -0.1) is 0 Å². The van der Waals surface area contributed by atoms with E-state index in [1.165, 1.54) is 30.4 Å². The van der Waals surface area contributed by atoms with Gasteiger partial charge >= 0.3 is 0 Å². The lowest BCUT2D eigenvalue weighted by Crippen LogP contribution is -1.97. The molecule has 0 amide bonds. The van der Waals surface area contributed by atoms with Crippen LogP contribution in [0.3, 0.4) is 0 Å². The second kappa shape index (κ2) is 2.84. The Kier molecular flexibility index (Phi) is 2.07. The molecule has 1 nitrogen and oxygen atoms in total. The molecule has 0 aliphatic heterocycles. The first-order chi connectivity index (χ1) is 4.45. The molecule has 2 rings (SSSR count). The molecule has 54 valence electrons. The maximum absolute atomic E-state index is 2.31. The number of rotatable bonds is 0. The average molecular weight is 135 g/mol. The number of benzene rings is 1. The molecule has 0 fully saturated rings. The lowest BCUT2D eigenvalue weighted by Gasteiger charge is -2.10. The van der Waals surface area contributed by atoms with Crippen molar-refractivity contribution in [2.45, 2.75) is 19.3 Å². The zero-order valence-electron chi connectivity index (χ0n) is 6.14. The zero-order chi connectivity index (χ0) is 6.10. The minimum Gasteiger partial charge on any atom is -0.344 e. The summed E-state index contributed by atoms with van der Waals surface area (Å²) in [4.78, 5) is 0. The Morgan fingerprint density at radius 3 is 2.10 bits per heavy atom. The molecule has 10 heavy (non-hydrogen) atoms. The quantitative estimate of drug-likeness (QED) is 0.582. The molecule has 0 atom stereocenters. The average Bonchev–Trinajstić information content (AvgIpc) is 1.88. The van der Waals surface area contributed by atoms with Crippen LogP contribution >= 0.6 is 0 Å². The summed E-state index contributed by atoms with van der Waals surface area (Å²) in [6.45, 7) is 0. The molecular weight excluding hydrogens is 122 g/mol. The number of hydrogen-bond donors (Lipinski definition) is 1. The largest absolute Gasteiger partial charge is 0.344 e. The van der Waals surface area contributed by atoms with Crippen LogP contribution in [-0.4, -0.2) is 0 Å². The molecule has 0 unspecified atom stereocenters. The van der Waals surface area contributed by atoms with Gasteiger partial charge in [-0.3, -0.25) is 0 Å². The van der Waals surface area contributed by atoms with E-state index in [0.717, 1.165) is 0 Å². The minimum atomic E-state index is 0. The second-order valence-electron chi connectivity index (χ2n) is 2.67. The van der Waals surface area contributed by atoms with Crippen LogP contribution in [0.25, 0.3) is 0 Å². The van der Waals surface area contributed by atoms with E-state index in [1.807, 2.05) is 0 Å². The van der Waals surface area contributed by atoms with Crippen molar-refractivity contribution in [3.63, 3.8) is 0 Å². The monoisotopic (exact) mass is 135 g/mol. The number of fused-ring (bicyclic) bond motifs is 2. The first kappa shape index (κ1) is 7.29. The van der Waals surface area contributed by atoms with E-state index in [0.29, 0.717) is 0 Å². The van der Waals surface area contributed by atoms with Crippen LogP contribution in [0.5, 0.6) is 0 Å². The molecule has 1 aromatic carbocycles. The predicted molar refractivity (Wildman–Crippen MR) is 43.5 cm³/mol. The van der Waals surface area contributed by atoms with E-state index in [9.17, 15) is 0 Å². The van der Waals surface area contributed by atoms with Gasteiger partial charge in [0.1, 0.15) is 0 Å². The van der Waals surface area contributed by atoms with Gasteiger partial charge in [0.05, 0.1) is 0 Å². The summed E-state index contributed by atoms with van der Waals surface area (Å²) >= 11 is 0. The highest BCUT2D eigenvalue weighted by Crippen LogP contribution is 2.15. The molecule has 0 heterocycles. The van der Waals surface area contributed by atoms with Crippen molar-refractivity contribution in [3.8, 4) is 0 Å². The van der Waals surface area contributed by atoms with Crippen LogP contribution in [-0.2, 0) is 12.8 Å². The van der Waals surface area contributed by atoms with Crippen molar-refractivity contribution in [2.24, 2.45) is 0 Å². The molecule has 0 spiro atoms. The molecule has 0 aromatic heterocycles. The van der Waals surface area contributed by atoms with Crippen LogP contribution in [0, 0.1) is 0 Å². The van der Waals surface area contributed by atoms with Gasteiger partial charge in [-0.05, 0) is 30.4 Å². The smallest absolute Gasteiger partial charge is 0.0276 e. The Morgan fingerprint density at radius 2 is 1.60 bits per heavy atom. The Balaban J connectivity index is 0.000000500. The Labute approximate surface area is 61.7 Å². The second-order valence-corrected chi connectivity index (χ2v) is 2.67. The molecule has 1 aliphatic carbocycles. The molecule has 0 radical (unpaired) electrons.